The molecule has 0 bridgehead atoms. The summed E-state index contributed by atoms with van der Waals surface area (Å²) in [6.07, 6.45) is 7.23. The summed E-state index contributed by atoms with van der Waals surface area (Å²) in [6, 6.07) is 3.70. The van der Waals surface area contributed by atoms with Gasteiger partial charge >= 0.3 is 6.03 Å². The molecule has 3 N–H and O–H groups in total. The number of hydrogen-bond acceptors (Lipinski definition) is 10. The zero-order chi connectivity index (χ0) is 37.4. The standard InChI is InChI=1S/C35H42ClIN6O7S2/c1-20(2)25-19-51-31(39-25)24-17-27(22-10-11-26(49-4)28(36)29(22)38-24)50-16-12-23-30(44)41-35(32(45)42-52(47,48)34(37)13-14-34)18-21(35)9-7-5-6-8-15-43(3)33(46)40-23/h7,9-11,17,19-21,23H,5-6,8,12-16,18H2,1-4H3,(H,40,46)(H,41,44)(H,42,45)/b9-7-/t21-,23+,35-/m1/s1. The molecule has 2 saturated carbocycles. The van der Waals surface area contributed by atoms with E-state index in [1.807, 2.05) is 40.1 Å². The number of methoxy groups -OCH3 is 1. The number of carbonyl (C=O) groups excluding carboxylic acids is 3. The highest BCUT2D eigenvalue weighted by Gasteiger charge is 2.63. The molecule has 6 rings (SSSR count). The lowest BCUT2D eigenvalue weighted by Gasteiger charge is -2.26. The van der Waals surface area contributed by atoms with Crippen molar-refractivity contribution in [3.05, 3.63) is 46.4 Å². The Morgan fingerprint density at radius 2 is 1.98 bits per heavy atom. The normalized spacial score (nSPS) is 23.9. The number of alkyl halides is 1. The van der Waals surface area contributed by atoms with Crippen LogP contribution in [-0.4, -0.2) is 82.8 Å². The van der Waals surface area contributed by atoms with Crippen LogP contribution in [0.4, 0.5) is 4.79 Å². The Kier molecular flexibility index (Phi) is 11.3. The minimum absolute atomic E-state index is 0.0202. The van der Waals surface area contributed by atoms with Gasteiger partial charge in [0.05, 0.1) is 24.9 Å². The molecule has 1 aromatic carbocycles. The third-order valence-corrected chi connectivity index (χ3v) is 15.5. The number of benzene rings is 1. The van der Waals surface area contributed by atoms with Crippen LogP contribution >= 0.6 is 45.5 Å². The maximum atomic E-state index is 14.0. The van der Waals surface area contributed by atoms with Crippen LogP contribution in [0.1, 0.15) is 70.4 Å². The van der Waals surface area contributed by atoms with Crippen LogP contribution in [0.25, 0.3) is 21.6 Å². The van der Waals surface area contributed by atoms with Gasteiger partial charge < -0.3 is 25.0 Å². The van der Waals surface area contributed by atoms with Gasteiger partial charge in [0.2, 0.25) is 15.9 Å². The molecule has 1 aliphatic heterocycles. The largest absolute Gasteiger partial charge is 0.495 e. The van der Waals surface area contributed by atoms with E-state index in [1.54, 1.807) is 25.2 Å². The number of urea groups is 1. The fourth-order valence-electron chi connectivity index (χ4n) is 6.01. The molecule has 2 fully saturated rings. The van der Waals surface area contributed by atoms with Gasteiger partial charge in [-0.25, -0.2) is 27.9 Å². The summed E-state index contributed by atoms with van der Waals surface area (Å²) in [6.45, 7) is 4.59. The molecular weight excluding hydrogens is 843 g/mol. The first-order valence-electron chi connectivity index (χ1n) is 17.2. The highest BCUT2D eigenvalue weighted by molar-refractivity contribution is 14.1. The summed E-state index contributed by atoms with van der Waals surface area (Å²) in [4.78, 5) is 52.0. The van der Waals surface area contributed by atoms with Crippen molar-refractivity contribution >= 4 is 84.3 Å². The molecule has 17 heteroatoms. The Bertz CT molecular complexity index is 2020. The highest BCUT2D eigenvalue weighted by atomic mass is 127. The van der Waals surface area contributed by atoms with Crippen molar-refractivity contribution in [1.29, 1.82) is 0 Å². The first-order chi connectivity index (χ1) is 24.7. The predicted octanol–water partition coefficient (Wildman–Crippen LogP) is 5.91. The minimum Gasteiger partial charge on any atom is -0.495 e. The Morgan fingerprint density at radius 3 is 2.67 bits per heavy atom. The molecule has 0 unspecified atom stereocenters. The molecule has 2 aliphatic carbocycles. The first kappa shape index (κ1) is 38.5. The van der Waals surface area contributed by atoms with Gasteiger partial charge in [0.15, 0.2) is 0 Å². The van der Waals surface area contributed by atoms with E-state index in [-0.39, 0.29) is 25.4 Å². The summed E-state index contributed by atoms with van der Waals surface area (Å²) in [7, 11) is -0.786. The summed E-state index contributed by atoms with van der Waals surface area (Å²) in [5.74, 6) is -0.701. The average molecular weight is 885 g/mol. The Balaban J connectivity index is 1.27. The fourth-order valence-corrected chi connectivity index (χ4v) is 9.09. The van der Waals surface area contributed by atoms with Crippen LogP contribution in [0, 0.1) is 5.92 Å². The second-order valence-corrected chi connectivity index (χ2v) is 19.8. The zero-order valence-electron chi connectivity index (χ0n) is 29.3. The van der Waals surface area contributed by atoms with Crippen molar-refractivity contribution in [3.8, 4) is 22.2 Å². The SMILES string of the molecule is COc1ccc2c(OCC[C@@H]3NC(=O)N(C)CCCC/C=C\[C@@H]4C[C@@]4(C(=O)NS(=O)(=O)C4(I)CC4)NC3=O)cc(-c3nc(C(C)C)cs3)nc2c1Cl. The number of sulfonamides is 1. The van der Waals surface area contributed by atoms with Gasteiger partial charge in [0.25, 0.3) is 5.91 Å². The van der Waals surface area contributed by atoms with E-state index in [1.165, 1.54) is 23.3 Å². The third kappa shape index (κ3) is 7.99. The van der Waals surface area contributed by atoms with Crippen molar-refractivity contribution in [1.82, 2.24) is 30.2 Å². The number of fused-ring (bicyclic) bond motifs is 2. The number of nitrogens with one attached hydrogen (secondary N) is 3. The Labute approximate surface area is 325 Å². The van der Waals surface area contributed by atoms with Crippen molar-refractivity contribution in [3.63, 3.8) is 0 Å². The number of allylic oxidation sites excluding steroid dienone is 1. The van der Waals surface area contributed by atoms with Crippen molar-refractivity contribution in [2.45, 2.75) is 79.0 Å². The summed E-state index contributed by atoms with van der Waals surface area (Å²) < 4.78 is 39.0. The van der Waals surface area contributed by atoms with Crippen LogP contribution < -0.4 is 24.8 Å². The van der Waals surface area contributed by atoms with Gasteiger partial charge in [0, 0.05) is 42.8 Å². The number of hydrogen-bond donors (Lipinski definition) is 3. The quantitative estimate of drug-likeness (QED) is 0.127. The molecule has 2 aromatic heterocycles. The number of carbonyl (C=O) groups is 3. The second-order valence-electron chi connectivity index (χ2n) is 13.8. The van der Waals surface area contributed by atoms with Gasteiger partial charge in [-0.05, 0) is 56.6 Å². The van der Waals surface area contributed by atoms with Crippen LogP contribution in [0.3, 0.4) is 0 Å². The number of thiazole rings is 1. The van der Waals surface area contributed by atoms with Crippen LogP contribution in [0.2, 0.25) is 5.02 Å². The fraction of sp³-hybridized carbons (Fsp3) is 0.514. The van der Waals surface area contributed by atoms with E-state index in [9.17, 15) is 22.8 Å². The van der Waals surface area contributed by atoms with Gasteiger partial charge in [-0.2, -0.15) is 0 Å². The lowest BCUT2D eigenvalue weighted by atomic mass is 10.1. The maximum Gasteiger partial charge on any atom is 0.317 e. The maximum absolute atomic E-state index is 14.0. The van der Waals surface area contributed by atoms with Crippen LogP contribution in [-0.2, 0) is 19.6 Å². The summed E-state index contributed by atoms with van der Waals surface area (Å²) in [5, 5.41) is 9.24. The molecule has 4 amide bonds. The van der Waals surface area contributed by atoms with E-state index in [0.29, 0.717) is 57.5 Å². The van der Waals surface area contributed by atoms with Gasteiger partial charge in [-0.15, -0.1) is 11.3 Å². The van der Waals surface area contributed by atoms with Crippen molar-refractivity contribution in [2.75, 3.05) is 27.3 Å². The number of nitrogens with zero attached hydrogens (tertiary/aromatic N) is 3. The lowest BCUT2D eigenvalue weighted by molar-refractivity contribution is -0.130. The van der Waals surface area contributed by atoms with Crippen molar-refractivity contribution in [2.24, 2.45) is 5.92 Å². The second kappa shape index (κ2) is 15.3. The molecule has 3 aromatic rings. The molecule has 280 valence electrons. The number of rotatable bonds is 10. The van der Waals surface area contributed by atoms with E-state index < -0.39 is 48.1 Å². The first-order valence-corrected chi connectivity index (χ1v) is 21.0. The molecule has 3 aliphatic rings. The Hall–Kier alpha value is -3.22. The Morgan fingerprint density at radius 1 is 1.21 bits per heavy atom. The number of pyridine rings is 1. The van der Waals surface area contributed by atoms with E-state index >= 15 is 0 Å². The van der Waals surface area contributed by atoms with Gasteiger partial charge in [-0.1, -0.05) is 60.2 Å². The van der Waals surface area contributed by atoms with Crippen LogP contribution in [0.15, 0.2) is 35.7 Å². The number of amides is 4. The molecular formula is C35H42ClIN6O7S2. The predicted molar refractivity (Wildman–Crippen MR) is 209 cm³/mol. The van der Waals surface area contributed by atoms with Crippen LogP contribution in [0.5, 0.6) is 11.5 Å². The highest BCUT2D eigenvalue weighted by Crippen LogP contribution is 2.51. The molecule has 13 nitrogen and oxygen atoms in total. The van der Waals surface area contributed by atoms with Gasteiger partial charge in [0.1, 0.15) is 41.6 Å². The molecule has 0 saturated heterocycles. The third-order valence-electron chi connectivity index (χ3n) is 9.62. The van der Waals surface area contributed by atoms with E-state index in [0.717, 1.165) is 25.0 Å². The molecule has 0 spiro atoms. The van der Waals surface area contributed by atoms with Gasteiger partial charge in [-0.3, -0.25) is 9.59 Å². The molecule has 3 heterocycles. The smallest absolute Gasteiger partial charge is 0.317 e. The number of aromatic nitrogens is 2. The number of halogens is 2. The van der Waals surface area contributed by atoms with E-state index in [2.05, 4.69) is 29.2 Å². The topological polar surface area (TPSA) is 169 Å². The lowest BCUT2D eigenvalue weighted by Crippen LogP contribution is -2.58. The van der Waals surface area contributed by atoms with Crippen molar-refractivity contribution < 1.29 is 32.3 Å². The zero-order valence-corrected chi connectivity index (χ0v) is 33.9. The summed E-state index contributed by atoms with van der Waals surface area (Å²) in [5.41, 5.74) is 0.461. The molecule has 0 radical (unpaired) electrons. The summed E-state index contributed by atoms with van der Waals surface area (Å²) >= 11 is 10.0. The molecule has 52 heavy (non-hydrogen) atoms. The minimum atomic E-state index is -3.96. The average Bonchev–Trinajstić information content (AvgIpc) is 3.96. The molecule has 3 atom stereocenters. The number of ether oxygens (including phenoxy) is 2. The monoisotopic (exact) mass is 884 g/mol. The van der Waals surface area contributed by atoms with E-state index in [4.69, 9.17) is 31.0 Å².